The van der Waals surface area contributed by atoms with Gasteiger partial charge in [0.25, 0.3) is 5.91 Å². The SMILES string of the molecule is CC(C)(C)OC(=O)N1C2CCCC1CC(N)C2.CN1C2CCCC1CC(N)C2.C[C@@H]1CN(c2ccc(C#N)n3nccc23)C[C@H](C(=O)NC2CC3CCCC(C2)N3C)O1.O=C(NC1CC2CCCC(C1)N2)OCc1ccccc1. The molecule has 9 fully saturated rings. The van der Waals surface area contributed by atoms with E-state index in [-0.39, 0.29) is 42.3 Å². The van der Waals surface area contributed by atoms with Gasteiger partial charge >= 0.3 is 12.2 Å². The predicted octanol–water partition coefficient (Wildman–Crippen LogP) is 7.74. The van der Waals surface area contributed by atoms with Crippen LogP contribution in [0.5, 0.6) is 0 Å². The number of nitrogens with two attached hydrogens (primary N) is 2. The summed E-state index contributed by atoms with van der Waals surface area (Å²) in [6.45, 7) is 9.26. The number of amides is 3. The number of fused-ring (bicyclic) bond motifs is 9. The fourth-order valence-corrected chi connectivity index (χ4v) is 14.7. The van der Waals surface area contributed by atoms with Gasteiger partial charge in [-0.1, -0.05) is 49.6 Å². The van der Waals surface area contributed by atoms with Gasteiger partial charge in [-0.3, -0.25) is 4.79 Å². The number of anilines is 1. The highest BCUT2D eigenvalue weighted by Gasteiger charge is 2.43. The van der Waals surface area contributed by atoms with Gasteiger partial charge in [0.05, 0.1) is 30.0 Å². The van der Waals surface area contributed by atoms with Crippen LogP contribution in [0.2, 0.25) is 0 Å². The van der Waals surface area contributed by atoms with Crippen LogP contribution >= 0.6 is 0 Å². The second kappa shape index (κ2) is 26.7. The molecule has 0 saturated carbocycles. The Morgan fingerprint density at radius 2 is 1.27 bits per heavy atom. The average Bonchev–Trinajstić information content (AvgIpc) is 4.05. The number of pyridine rings is 1. The van der Waals surface area contributed by atoms with Crippen molar-refractivity contribution in [1.29, 1.82) is 5.26 Å². The Balaban J connectivity index is 0.000000136. The van der Waals surface area contributed by atoms with E-state index in [4.69, 9.17) is 25.7 Å². The van der Waals surface area contributed by atoms with E-state index in [1.165, 1.54) is 77.0 Å². The summed E-state index contributed by atoms with van der Waals surface area (Å²) in [6.07, 6.45) is 24.1. The lowest BCUT2D eigenvalue weighted by atomic mass is 9.82. The zero-order valence-electron chi connectivity index (χ0n) is 48.3. The van der Waals surface area contributed by atoms with Gasteiger partial charge in [-0.05, 0) is 175 Å². The molecule has 2 aromatic heterocycles. The van der Waals surface area contributed by atoms with Gasteiger partial charge in [0, 0.05) is 79.0 Å². The van der Waals surface area contributed by atoms with Crippen molar-refractivity contribution in [3.63, 3.8) is 0 Å². The van der Waals surface area contributed by atoms with Crippen molar-refractivity contribution in [3.8, 4) is 6.07 Å². The molecule has 12 rings (SSSR count). The normalized spacial score (nSPS) is 33.2. The molecule has 3 amide bonds. The number of hydrogen-bond acceptors (Lipinski definition) is 14. The van der Waals surface area contributed by atoms with Gasteiger partial charge in [-0.15, -0.1) is 0 Å². The van der Waals surface area contributed by atoms with E-state index in [0.29, 0.717) is 67.7 Å². The summed E-state index contributed by atoms with van der Waals surface area (Å²) in [7, 11) is 4.49. The van der Waals surface area contributed by atoms with Gasteiger partial charge in [-0.25, -0.2) is 14.1 Å². The second-order valence-corrected chi connectivity index (χ2v) is 25.6. The maximum absolute atomic E-state index is 13.2. The van der Waals surface area contributed by atoms with Crippen molar-refractivity contribution < 1.29 is 28.6 Å². The highest BCUT2D eigenvalue weighted by molar-refractivity contribution is 5.83. The minimum Gasteiger partial charge on any atom is -0.445 e. The van der Waals surface area contributed by atoms with E-state index in [2.05, 4.69) is 55.9 Å². The summed E-state index contributed by atoms with van der Waals surface area (Å²) >= 11 is 0. The van der Waals surface area contributed by atoms with Crippen molar-refractivity contribution in [2.24, 2.45) is 11.5 Å². The van der Waals surface area contributed by atoms with Crippen LogP contribution < -0.4 is 32.3 Å². The third kappa shape index (κ3) is 15.5. The summed E-state index contributed by atoms with van der Waals surface area (Å²) in [6, 6.07) is 23.3. The Bertz CT molecular complexity index is 2460. The number of ether oxygens (including phenoxy) is 3. The number of rotatable bonds is 6. The molecule has 0 spiro atoms. The fraction of sp³-hybridized carbons (Fsp3) is 0.721. The van der Waals surface area contributed by atoms with E-state index in [1.54, 1.807) is 16.8 Å². The van der Waals surface area contributed by atoms with Crippen LogP contribution in [0.3, 0.4) is 0 Å². The standard InChI is InChI=1S/C23H30N6O2.C16H22N2O2.C13H24N2O2.C9H18N2/c1-15-13-28(20-7-6-19(12-24)29-21(20)8-9-25-29)14-22(31-15)23(30)26-16-10-17-4-3-5-18(11-16)27(17)2;19-16(20-11-12-5-2-1-3-6-12)18-15-9-13-7-4-8-14(10-15)17-13;1-13(2,3)17-12(16)15-10-5-4-6-11(15)8-9(14)7-10;1-11-8-3-2-4-9(11)6-7(10)5-8/h6-9,15-18,22H,3-5,10-11,13-14H2,1-2H3,(H,26,30);1-3,5-6,13-15,17H,4,7-11H2,(H,18,19);9-11H,4-8,14H2,1-3H3;7-9H,2-6,10H2,1H3/t15-,16?,17?,18?,22-;;;/m1.../s1. The molecule has 0 radical (unpaired) electrons. The zero-order chi connectivity index (χ0) is 55.8. The number of morpholine rings is 1. The van der Waals surface area contributed by atoms with E-state index in [0.717, 1.165) is 80.2 Å². The minimum absolute atomic E-state index is 0.0117. The molecular weight excluding hydrogens is 997 g/mol. The van der Waals surface area contributed by atoms with Crippen LogP contribution in [0.25, 0.3) is 5.52 Å². The van der Waals surface area contributed by atoms with Gasteiger partial charge in [-0.2, -0.15) is 10.4 Å². The van der Waals surface area contributed by atoms with Crippen molar-refractivity contribution in [2.75, 3.05) is 32.1 Å². The Kier molecular flexibility index (Phi) is 19.8. The lowest BCUT2D eigenvalue weighted by molar-refractivity contribution is -0.138. The summed E-state index contributed by atoms with van der Waals surface area (Å²) < 4.78 is 18.5. The molecule has 9 aliphatic rings. The number of alkyl carbamates (subject to hydrolysis) is 1. The maximum Gasteiger partial charge on any atom is 0.410 e. The van der Waals surface area contributed by atoms with E-state index in [9.17, 15) is 19.6 Å². The molecule has 18 heteroatoms. The van der Waals surface area contributed by atoms with E-state index < -0.39 is 11.7 Å². The maximum atomic E-state index is 13.2. The number of nitrogens with one attached hydrogen (secondary N) is 3. The highest BCUT2D eigenvalue weighted by atomic mass is 16.6. The van der Waals surface area contributed by atoms with Crippen molar-refractivity contribution in [3.05, 3.63) is 66.0 Å². The number of aromatic nitrogens is 2. The Morgan fingerprint density at radius 1 is 0.722 bits per heavy atom. The van der Waals surface area contributed by atoms with Crippen molar-refractivity contribution in [1.82, 2.24) is 40.3 Å². The molecule has 0 aliphatic carbocycles. The number of piperidine rings is 8. The molecule has 18 nitrogen and oxygen atoms in total. The third-order valence-electron chi connectivity index (χ3n) is 18.5. The Hall–Kier alpha value is -5.03. The molecule has 9 saturated heterocycles. The first kappa shape index (κ1) is 58.6. The lowest BCUT2D eigenvalue weighted by Crippen LogP contribution is -2.58. The summed E-state index contributed by atoms with van der Waals surface area (Å²) in [4.78, 5) is 46.4. The fourth-order valence-electron chi connectivity index (χ4n) is 14.7. The monoisotopic (exact) mass is 1090 g/mol. The summed E-state index contributed by atoms with van der Waals surface area (Å²) in [5, 5.41) is 23.6. The van der Waals surface area contributed by atoms with Gasteiger partial charge < -0.3 is 61.2 Å². The van der Waals surface area contributed by atoms with Crippen LogP contribution in [0.4, 0.5) is 15.3 Å². The molecular formula is C61H94N12O6. The molecule has 434 valence electrons. The first-order valence-electron chi connectivity index (χ1n) is 30.2. The lowest BCUT2D eigenvalue weighted by Gasteiger charge is -2.47. The quantitative estimate of drug-likeness (QED) is 0.159. The molecule has 3 aromatic rings. The first-order valence-corrected chi connectivity index (χ1v) is 30.2. The number of nitrogens with zero attached hydrogens (tertiary/aromatic N) is 7. The summed E-state index contributed by atoms with van der Waals surface area (Å²) in [5.41, 5.74) is 14.9. The largest absolute Gasteiger partial charge is 0.445 e. The third-order valence-corrected chi connectivity index (χ3v) is 18.5. The van der Waals surface area contributed by atoms with Crippen LogP contribution in [-0.4, -0.2) is 160 Å². The Labute approximate surface area is 470 Å². The van der Waals surface area contributed by atoms with Crippen molar-refractivity contribution in [2.45, 2.75) is 253 Å². The van der Waals surface area contributed by atoms with Crippen molar-refractivity contribution >= 4 is 29.3 Å². The number of benzene rings is 1. The predicted molar refractivity (Wildman–Crippen MR) is 307 cm³/mol. The highest BCUT2D eigenvalue weighted by Crippen LogP contribution is 2.36. The number of carbonyl (C=O) groups excluding carboxylic acids is 3. The molecule has 8 unspecified atom stereocenters. The van der Waals surface area contributed by atoms with Crippen LogP contribution in [0.1, 0.15) is 167 Å². The molecule has 9 aliphatic heterocycles. The number of carbonyl (C=O) groups is 3. The average molecular weight is 1090 g/mol. The molecule has 11 heterocycles. The molecule has 7 N–H and O–H groups in total. The topological polar surface area (TPSA) is 221 Å². The Morgan fingerprint density at radius 3 is 1.85 bits per heavy atom. The molecule has 8 bridgehead atoms. The molecule has 10 atom stereocenters. The molecule has 1 aromatic carbocycles. The number of hydrogen-bond donors (Lipinski definition) is 5. The van der Waals surface area contributed by atoms with Gasteiger partial charge in [0.2, 0.25) is 0 Å². The van der Waals surface area contributed by atoms with E-state index in [1.807, 2.05) is 75.1 Å². The van der Waals surface area contributed by atoms with Crippen LogP contribution in [0.15, 0.2) is 54.7 Å². The molecule has 79 heavy (non-hydrogen) atoms. The number of nitriles is 1. The summed E-state index contributed by atoms with van der Waals surface area (Å²) in [5.74, 6) is -0.0117. The van der Waals surface area contributed by atoms with E-state index >= 15 is 0 Å². The first-order chi connectivity index (χ1) is 38.0. The van der Waals surface area contributed by atoms with Crippen LogP contribution in [-0.2, 0) is 25.6 Å². The zero-order valence-corrected chi connectivity index (χ0v) is 48.3. The minimum atomic E-state index is -0.512. The second-order valence-electron chi connectivity index (χ2n) is 25.6. The smallest absolute Gasteiger partial charge is 0.410 e. The van der Waals surface area contributed by atoms with Gasteiger partial charge in [0.15, 0.2) is 6.10 Å². The van der Waals surface area contributed by atoms with Crippen LogP contribution in [0, 0.1) is 11.3 Å². The van der Waals surface area contributed by atoms with Gasteiger partial charge in [0.1, 0.15) is 24.0 Å².